The van der Waals surface area contributed by atoms with Crippen LogP contribution in [0, 0.1) is 33.5 Å². The molecule has 11 atom stereocenters. The van der Waals surface area contributed by atoms with Gasteiger partial charge >= 0.3 is 23.9 Å². The molecule has 0 aliphatic heterocycles. The van der Waals surface area contributed by atoms with Crippen molar-refractivity contribution >= 4 is 29.7 Å². The maximum absolute atomic E-state index is 14.0. The van der Waals surface area contributed by atoms with Crippen LogP contribution < -0.4 is 0 Å². The molecule has 0 radical (unpaired) electrons. The van der Waals surface area contributed by atoms with Gasteiger partial charge in [-0.25, -0.2) is 4.79 Å². The summed E-state index contributed by atoms with van der Waals surface area (Å²) in [6.45, 7) is 16.1. The first-order valence-corrected chi connectivity index (χ1v) is 16.7. The van der Waals surface area contributed by atoms with E-state index < -0.39 is 93.9 Å². The summed E-state index contributed by atoms with van der Waals surface area (Å²) in [6.07, 6.45) is -5.04. The first-order valence-electron chi connectivity index (χ1n) is 16.7. The Bertz CT molecular complexity index is 1520. The third kappa shape index (κ3) is 4.63. The van der Waals surface area contributed by atoms with Crippen LogP contribution in [0.4, 0.5) is 0 Å². The summed E-state index contributed by atoms with van der Waals surface area (Å²) in [5.41, 5.74) is -3.48. The Labute approximate surface area is 282 Å². The lowest BCUT2D eigenvalue weighted by Crippen LogP contribution is -2.63. The average molecular weight is 668 g/mol. The lowest BCUT2D eigenvalue weighted by Gasteiger charge is -2.60. The Morgan fingerprint density at radius 1 is 0.896 bits per heavy atom. The summed E-state index contributed by atoms with van der Waals surface area (Å²) in [6, 6.07) is 8.42. The van der Waals surface area contributed by atoms with Crippen LogP contribution in [0.25, 0.3) is 0 Å². The molecular formula is C37H49NO10. The number of aliphatic hydroxyl groups excluding tert-OH is 1. The first kappa shape index (κ1) is 35.7. The molecule has 11 heteroatoms. The predicted octanol–water partition coefficient (Wildman–Crippen LogP) is 3.96. The van der Waals surface area contributed by atoms with E-state index >= 15 is 0 Å². The van der Waals surface area contributed by atoms with E-state index in [2.05, 4.69) is 6.58 Å². The summed E-state index contributed by atoms with van der Waals surface area (Å²) in [5.74, 6) is -4.04. The number of carbonyl (C=O) groups excluding carboxylic acids is 5. The largest absolute Gasteiger partial charge is 0.461 e. The number of Topliss-reactive ketones (excluding diaryl/α,β-unsaturated/α-hetero) is 1. The Kier molecular flexibility index (Phi) is 9.00. The molecule has 11 nitrogen and oxygen atoms in total. The fourth-order valence-corrected chi connectivity index (χ4v) is 11.0. The molecule has 48 heavy (non-hydrogen) atoms. The fourth-order valence-electron chi connectivity index (χ4n) is 11.0. The van der Waals surface area contributed by atoms with Crippen molar-refractivity contribution < 1.29 is 48.0 Å². The van der Waals surface area contributed by atoms with E-state index in [-0.39, 0.29) is 25.0 Å². The molecule has 4 aliphatic rings. The second kappa shape index (κ2) is 12.1. The summed E-state index contributed by atoms with van der Waals surface area (Å²) >= 11 is 0. The highest BCUT2D eigenvalue weighted by molar-refractivity contribution is 5.86. The molecule has 1 aromatic carbocycles. The zero-order valence-corrected chi connectivity index (χ0v) is 29.4. The molecule has 0 heterocycles. The van der Waals surface area contributed by atoms with Gasteiger partial charge in [-0.3, -0.25) is 24.1 Å². The molecule has 2 bridgehead atoms. The summed E-state index contributed by atoms with van der Waals surface area (Å²) in [5, 5.41) is 11.4. The van der Waals surface area contributed by atoms with Crippen molar-refractivity contribution in [1.29, 1.82) is 0 Å². The van der Waals surface area contributed by atoms with Crippen LogP contribution in [0.2, 0.25) is 0 Å². The average Bonchev–Trinajstić information content (AvgIpc) is 3.23. The van der Waals surface area contributed by atoms with Crippen molar-refractivity contribution in [2.24, 2.45) is 33.5 Å². The fraction of sp³-hybridized carbons (Fsp3) is 0.649. The van der Waals surface area contributed by atoms with Gasteiger partial charge in [0.2, 0.25) is 0 Å². The number of rotatable bonds is 8. The highest BCUT2D eigenvalue weighted by Gasteiger charge is 2.92. The molecular weight excluding hydrogens is 618 g/mol. The number of benzene rings is 1. The van der Waals surface area contributed by atoms with Crippen molar-refractivity contribution in [3.8, 4) is 0 Å². The quantitative estimate of drug-likeness (QED) is 0.244. The first-order chi connectivity index (χ1) is 22.3. The zero-order valence-electron chi connectivity index (χ0n) is 29.4. The summed E-state index contributed by atoms with van der Waals surface area (Å²) in [4.78, 5) is 68.2. The van der Waals surface area contributed by atoms with Crippen molar-refractivity contribution in [1.82, 2.24) is 4.90 Å². The van der Waals surface area contributed by atoms with Crippen molar-refractivity contribution in [2.75, 3.05) is 14.1 Å². The highest BCUT2D eigenvalue weighted by Crippen LogP contribution is 2.86. The Balaban J connectivity index is 1.71. The SMILES string of the molecule is C=C1[C@@H](OC(=O)[C@H](O)[C@H](c2ccccc2)N(C)C)CC[C@@]2(C)[C@@H](OC(C)=O)[C@H](OC(C)=O)C34[C@H](C)C(=O)C[C@@H]([C@@H](OC(C)=O)C132)C4(C)C. The van der Waals surface area contributed by atoms with Gasteiger partial charge in [0.1, 0.15) is 30.2 Å². The van der Waals surface area contributed by atoms with Crippen LogP contribution in [0.3, 0.4) is 0 Å². The van der Waals surface area contributed by atoms with Gasteiger partial charge in [0.15, 0.2) is 6.10 Å². The maximum atomic E-state index is 14.0. The Hall–Kier alpha value is -3.57. The van der Waals surface area contributed by atoms with Gasteiger partial charge in [0, 0.05) is 49.9 Å². The third-order valence-corrected chi connectivity index (χ3v) is 12.5. The van der Waals surface area contributed by atoms with Gasteiger partial charge in [-0.15, -0.1) is 0 Å². The van der Waals surface area contributed by atoms with Crippen LogP contribution in [0.15, 0.2) is 42.5 Å². The summed E-state index contributed by atoms with van der Waals surface area (Å²) in [7, 11) is 3.52. The van der Waals surface area contributed by atoms with E-state index in [0.29, 0.717) is 5.57 Å². The summed E-state index contributed by atoms with van der Waals surface area (Å²) < 4.78 is 24.7. The van der Waals surface area contributed by atoms with Gasteiger partial charge < -0.3 is 24.1 Å². The van der Waals surface area contributed by atoms with Crippen molar-refractivity contribution in [3.05, 3.63) is 48.0 Å². The van der Waals surface area contributed by atoms with Crippen LogP contribution in [0.5, 0.6) is 0 Å². The topological polar surface area (TPSA) is 146 Å². The number of ether oxygens (including phenoxy) is 4. The van der Waals surface area contributed by atoms with E-state index in [4.69, 9.17) is 18.9 Å². The minimum atomic E-state index is -1.56. The lowest BCUT2D eigenvalue weighted by atomic mass is 9.42. The van der Waals surface area contributed by atoms with E-state index in [1.165, 1.54) is 20.8 Å². The molecule has 1 N–H and O–H groups in total. The number of carbonyl (C=O) groups is 5. The number of nitrogens with zero attached hydrogens (tertiary/aromatic N) is 1. The molecule has 0 amide bonds. The number of hydrogen-bond acceptors (Lipinski definition) is 11. The number of aliphatic hydroxyl groups is 1. The minimum absolute atomic E-state index is 0.102. The van der Waals surface area contributed by atoms with E-state index in [1.54, 1.807) is 25.9 Å². The molecule has 4 aliphatic carbocycles. The Morgan fingerprint density at radius 3 is 1.98 bits per heavy atom. The van der Waals surface area contributed by atoms with Gasteiger partial charge in [-0.1, -0.05) is 64.6 Å². The second-order valence-electron chi connectivity index (χ2n) is 15.2. The predicted molar refractivity (Wildman–Crippen MR) is 173 cm³/mol. The van der Waals surface area contributed by atoms with Crippen molar-refractivity contribution in [3.63, 3.8) is 0 Å². The molecule has 2 unspecified atom stereocenters. The minimum Gasteiger partial charge on any atom is -0.461 e. The molecule has 4 fully saturated rings. The van der Waals surface area contributed by atoms with Crippen LogP contribution in [-0.4, -0.2) is 84.3 Å². The molecule has 0 aromatic heterocycles. The maximum Gasteiger partial charge on any atom is 0.337 e. The Morgan fingerprint density at radius 2 is 1.44 bits per heavy atom. The van der Waals surface area contributed by atoms with E-state index in [9.17, 15) is 29.1 Å². The normalized spacial score (nSPS) is 37.6. The van der Waals surface area contributed by atoms with E-state index in [0.717, 1.165) is 5.56 Å². The van der Waals surface area contributed by atoms with Gasteiger partial charge in [0.25, 0.3) is 0 Å². The lowest BCUT2D eigenvalue weighted by molar-refractivity contribution is -0.194. The zero-order chi connectivity index (χ0) is 35.7. The van der Waals surface area contributed by atoms with Crippen LogP contribution in [0.1, 0.15) is 79.3 Å². The molecule has 262 valence electrons. The van der Waals surface area contributed by atoms with Crippen LogP contribution >= 0.6 is 0 Å². The van der Waals surface area contributed by atoms with E-state index in [1.807, 2.05) is 51.1 Å². The van der Waals surface area contributed by atoms with Crippen LogP contribution in [-0.2, 0) is 42.9 Å². The van der Waals surface area contributed by atoms with Gasteiger partial charge in [0.05, 0.1) is 11.5 Å². The number of hydrogen-bond donors (Lipinski definition) is 1. The third-order valence-electron chi connectivity index (χ3n) is 12.5. The highest BCUT2D eigenvalue weighted by atomic mass is 16.6. The van der Waals surface area contributed by atoms with Gasteiger partial charge in [-0.05, 0) is 43.5 Å². The molecule has 5 rings (SSSR count). The number of likely N-dealkylation sites (N-methyl/N-ethyl adjacent to an activating group) is 1. The number of esters is 4. The molecule has 0 saturated heterocycles. The standard InChI is InChI=1S/C37H49NO10/c1-19-26(42)18-25-30(45-21(3)39)37-20(2)27(48-33(44)29(43)28(38(9)10)24-14-12-11-13-15-24)16-17-35(37,8)31(46-22(4)40)32(47-23(5)41)36(19,37)34(25,6)7/h11-15,19,25,27-32,43H,2,16-18H2,1,3-10H3/t19-,25+,27+,28+,29-,30-,31+,32+,35+,36?,37?/m1/s1. The number of fused-ring (bicyclic) bond motifs is 1. The monoisotopic (exact) mass is 667 g/mol. The van der Waals surface area contributed by atoms with Gasteiger partial charge in [-0.2, -0.15) is 0 Å². The smallest absolute Gasteiger partial charge is 0.337 e. The second-order valence-corrected chi connectivity index (χ2v) is 15.2. The van der Waals surface area contributed by atoms with Crippen molar-refractivity contribution in [2.45, 2.75) is 104 Å². The molecule has 2 spiro atoms. The molecule has 1 aromatic rings. The number of ketones is 1. The molecule has 4 saturated carbocycles.